The number of methoxy groups -OCH3 is 2. The van der Waals surface area contributed by atoms with Crippen LogP contribution in [0.15, 0.2) is 24.3 Å². The highest BCUT2D eigenvalue weighted by molar-refractivity contribution is 5.79. The fraction of sp³-hybridized carbons (Fsp3) is 0.579. The first-order chi connectivity index (χ1) is 12.1. The lowest BCUT2D eigenvalue weighted by molar-refractivity contribution is -0.147. The first-order valence-electron chi connectivity index (χ1n) is 8.70. The summed E-state index contributed by atoms with van der Waals surface area (Å²) in [4.78, 5) is 26.3. The van der Waals surface area contributed by atoms with Gasteiger partial charge in [-0.25, -0.2) is 0 Å². The number of amides is 1. The molecule has 1 unspecified atom stereocenters. The van der Waals surface area contributed by atoms with E-state index in [1.54, 1.807) is 31.1 Å². The Balaban J connectivity index is 2.02. The van der Waals surface area contributed by atoms with Gasteiger partial charge in [0.15, 0.2) is 18.1 Å². The van der Waals surface area contributed by atoms with Crippen molar-refractivity contribution < 1.29 is 23.8 Å². The number of para-hydroxylation sites is 2. The summed E-state index contributed by atoms with van der Waals surface area (Å²) in [5, 5.41) is 0. The van der Waals surface area contributed by atoms with E-state index in [0.717, 1.165) is 25.7 Å². The Labute approximate surface area is 149 Å². The van der Waals surface area contributed by atoms with Gasteiger partial charge >= 0.3 is 5.97 Å². The number of carbonyl (C=O) groups excluding carboxylic acids is 2. The van der Waals surface area contributed by atoms with E-state index in [1.165, 1.54) is 7.11 Å². The molecule has 2 rings (SSSR count). The van der Waals surface area contributed by atoms with E-state index in [4.69, 9.17) is 14.2 Å². The molecule has 1 aliphatic carbocycles. The van der Waals surface area contributed by atoms with E-state index in [1.807, 2.05) is 12.1 Å². The lowest BCUT2D eigenvalue weighted by atomic mass is 10.1. The van der Waals surface area contributed by atoms with Crippen molar-refractivity contribution in [3.05, 3.63) is 24.3 Å². The second-order valence-corrected chi connectivity index (χ2v) is 6.35. The molecule has 138 valence electrons. The molecule has 1 aromatic rings. The molecule has 1 atom stereocenters. The van der Waals surface area contributed by atoms with Gasteiger partial charge in [0.25, 0.3) is 5.91 Å². The lowest BCUT2D eigenvalue weighted by Gasteiger charge is -2.30. The molecule has 1 fully saturated rings. The molecule has 0 radical (unpaired) electrons. The molecule has 0 heterocycles. The van der Waals surface area contributed by atoms with Gasteiger partial charge in [0.1, 0.15) is 0 Å². The molecule has 0 aliphatic heterocycles. The van der Waals surface area contributed by atoms with E-state index in [9.17, 15) is 9.59 Å². The van der Waals surface area contributed by atoms with E-state index in [2.05, 4.69) is 0 Å². The van der Waals surface area contributed by atoms with E-state index in [-0.39, 0.29) is 30.4 Å². The molecule has 1 saturated carbocycles. The van der Waals surface area contributed by atoms with Crippen LogP contribution in [0.5, 0.6) is 11.5 Å². The van der Waals surface area contributed by atoms with Crippen LogP contribution in [0.4, 0.5) is 0 Å². The fourth-order valence-corrected chi connectivity index (χ4v) is 3.20. The van der Waals surface area contributed by atoms with Crippen molar-refractivity contribution in [1.29, 1.82) is 0 Å². The number of carbonyl (C=O) groups is 2. The minimum atomic E-state index is -0.360. The molecule has 1 aliphatic rings. The largest absolute Gasteiger partial charge is 0.493 e. The van der Waals surface area contributed by atoms with Gasteiger partial charge in [0, 0.05) is 12.6 Å². The van der Waals surface area contributed by atoms with E-state index < -0.39 is 0 Å². The van der Waals surface area contributed by atoms with Gasteiger partial charge in [0.2, 0.25) is 0 Å². The summed E-state index contributed by atoms with van der Waals surface area (Å²) < 4.78 is 15.7. The van der Waals surface area contributed by atoms with Gasteiger partial charge in [-0.3, -0.25) is 9.59 Å². The predicted octanol–water partition coefficient (Wildman–Crippen LogP) is 2.65. The number of hydrogen-bond acceptors (Lipinski definition) is 5. The molecular weight excluding hydrogens is 322 g/mol. The first kappa shape index (κ1) is 19.1. The Morgan fingerprint density at radius 1 is 1.16 bits per heavy atom. The molecule has 6 nitrogen and oxygen atoms in total. The second kappa shape index (κ2) is 9.30. The van der Waals surface area contributed by atoms with Gasteiger partial charge in [-0.1, -0.05) is 31.9 Å². The average molecular weight is 349 g/mol. The van der Waals surface area contributed by atoms with Crippen LogP contribution in [-0.4, -0.2) is 50.2 Å². The van der Waals surface area contributed by atoms with E-state index in [0.29, 0.717) is 18.0 Å². The first-order valence-corrected chi connectivity index (χ1v) is 8.70. The molecular formula is C19H27NO5. The van der Waals surface area contributed by atoms with Crippen LogP contribution in [0.25, 0.3) is 0 Å². The zero-order chi connectivity index (χ0) is 18.2. The van der Waals surface area contributed by atoms with Crippen molar-refractivity contribution >= 4 is 11.9 Å². The summed E-state index contributed by atoms with van der Waals surface area (Å²) in [6.07, 6.45) is 4.14. The SMILES string of the molecule is COC(=O)C(C)CN(C(=O)COc1ccccc1OC)C1CCCC1. The zero-order valence-corrected chi connectivity index (χ0v) is 15.2. The lowest BCUT2D eigenvalue weighted by Crippen LogP contribution is -2.45. The van der Waals surface area contributed by atoms with Gasteiger partial charge in [-0.15, -0.1) is 0 Å². The molecule has 0 spiro atoms. The molecule has 0 saturated heterocycles. The Morgan fingerprint density at radius 3 is 2.40 bits per heavy atom. The Morgan fingerprint density at radius 2 is 1.80 bits per heavy atom. The Bertz CT molecular complexity index is 583. The maximum Gasteiger partial charge on any atom is 0.310 e. The highest BCUT2D eigenvalue weighted by atomic mass is 16.5. The van der Waals surface area contributed by atoms with Crippen LogP contribution in [0.2, 0.25) is 0 Å². The molecule has 1 amide bonds. The Hall–Kier alpha value is -2.24. The smallest absolute Gasteiger partial charge is 0.310 e. The average Bonchev–Trinajstić information content (AvgIpc) is 3.17. The van der Waals surface area contributed by atoms with Crippen molar-refractivity contribution in [3.8, 4) is 11.5 Å². The van der Waals surface area contributed by atoms with Crippen LogP contribution in [0.1, 0.15) is 32.6 Å². The van der Waals surface area contributed by atoms with Crippen LogP contribution in [-0.2, 0) is 14.3 Å². The summed E-state index contributed by atoms with van der Waals surface area (Å²) in [7, 11) is 2.93. The van der Waals surface area contributed by atoms with E-state index >= 15 is 0 Å². The minimum absolute atomic E-state index is 0.0786. The number of hydrogen-bond donors (Lipinski definition) is 0. The summed E-state index contributed by atoms with van der Waals surface area (Å²) in [5.41, 5.74) is 0. The molecule has 0 N–H and O–H groups in total. The van der Waals surface area contributed by atoms with Gasteiger partial charge in [-0.05, 0) is 25.0 Å². The molecule has 0 bridgehead atoms. The van der Waals surface area contributed by atoms with Gasteiger partial charge < -0.3 is 19.1 Å². The third-order valence-electron chi connectivity index (χ3n) is 4.58. The third-order valence-corrected chi connectivity index (χ3v) is 4.58. The topological polar surface area (TPSA) is 65.1 Å². The van der Waals surface area contributed by atoms with Crippen LogP contribution < -0.4 is 9.47 Å². The highest BCUT2D eigenvalue weighted by Gasteiger charge is 2.30. The number of rotatable bonds is 8. The van der Waals surface area contributed by atoms with Crippen LogP contribution in [0, 0.1) is 5.92 Å². The second-order valence-electron chi connectivity index (χ2n) is 6.35. The maximum atomic E-state index is 12.8. The normalized spacial score (nSPS) is 15.5. The van der Waals surface area contributed by atoms with Crippen molar-refractivity contribution in [3.63, 3.8) is 0 Å². The van der Waals surface area contributed by atoms with Gasteiger partial charge in [-0.2, -0.15) is 0 Å². The standard InChI is InChI=1S/C19H27NO5/c1-14(19(22)24-3)12-20(15-8-4-5-9-15)18(21)13-25-17-11-7-6-10-16(17)23-2/h6-7,10-11,14-15H,4-5,8-9,12-13H2,1-3H3. The predicted molar refractivity (Wildman–Crippen MR) is 93.6 cm³/mol. The van der Waals surface area contributed by atoms with Gasteiger partial charge in [0.05, 0.1) is 20.1 Å². The third kappa shape index (κ3) is 5.11. The number of ether oxygens (including phenoxy) is 3. The monoisotopic (exact) mass is 349 g/mol. The van der Waals surface area contributed by atoms with Crippen molar-refractivity contribution in [2.75, 3.05) is 27.4 Å². The molecule has 25 heavy (non-hydrogen) atoms. The van der Waals surface area contributed by atoms with Crippen molar-refractivity contribution in [2.45, 2.75) is 38.6 Å². The van der Waals surface area contributed by atoms with Crippen molar-refractivity contribution in [1.82, 2.24) is 4.90 Å². The fourth-order valence-electron chi connectivity index (χ4n) is 3.20. The summed E-state index contributed by atoms with van der Waals surface area (Å²) in [5.74, 6) is 0.340. The highest BCUT2D eigenvalue weighted by Crippen LogP contribution is 2.27. The van der Waals surface area contributed by atoms with Crippen molar-refractivity contribution in [2.24, 2.45) is 5.92 Å². The minimum Gasteiger partial charge on any atom is -0.493 e. The quantitative estimate of drug-likeness (QED) is 0.675. The molecule has 0 aromatic heterocycles. The summed E-state index contributed by atoms with van der Waals surface area (Å²) >= 11 is 0. The maximum absolute atomic E-state index is 12.8. The van der Waals surface area contributed by atoms with Crippen LogP contribution >= 0.6 is 0 Å². The summed E-state index contributed by atoms with van der Waals surface area (Å²) in [6, 6.07) is 7.39. The van der Waals surface area contributed by atoms with Crippen LogP contribution in [0.3, 0.4) is 0 Å². The zero-order valence-electron chi connectivity index (χ0n) is 15.2. The number of nitrogens with zero attached hydrogens (tertiary/aromatic N) is 1. The molecule has 6 heteroatoms. The number of benzene rings is 1. The molecule has 1 aromatic carbocycles. The Kier molecular flexibility index (Phi) is 7.10. The number of esters is 1. The summed E-state index contributed by atoms with van der Waals surface area (Å²) in [6.45, 7) is 2.05.